The highest BCUT2D eigenvalue weighted by atomic mass is 32.2. The summed E-state index contributed by atoms with van der Waals surface area (Å²) in [5.74, 6) is 0.743. The fraction of sp³-hybridized carbons (Fsp3) is 0.429. The van der Waals surface area contributed by atoms with Gasteiger partial charge in [-0.25, -0.2) is 0 Å². The number of rotatable bonds is 2. The van der Waals surface area contributed by atoms with Crippen molar-refractivity contribution >= 4 is 22.7 Å². The molecule has 3 nitrogen and oxygen atoms in total. The first-order valence-electron chi connectivity index (χ1n) is 6.04. The molecule has 1 amide bonds. The average molecular weight is 262 g/mol. The number of carbonyl (C=O) groups excluding carboxylic acids is 1. The van der Waals surface area contributed by atoms with E-state index in [1.165, 1.54) is 0 Å². The average Bonchev–Trinajstić information content (AvgIpc) is 2.77. The SMILES string of the molecule is CC(C)(C)NC(=O)C1CSC(c2ccccc2)=N1. The van der Waals surface area contributed by atoms with Gasteiger partial charge in [-0.3, -0.25) is 9.79 Å². The van der Waals surface area contributed by atoms with Gasteiger partial charge in [-0.05, 0) is 20.8 Å². The molecule has 96 valence electrons. The molecule has 0 saturated heterocycles. The summed E-state index contributed by atoms with van der Waals surface area (Å²) in [6.07, 6.45) is 0. The van der Waals surface area contributed by atoms with Crippen molar-refractivity contribution < 1.29 is 4.79 Å². The van der Waals surface area contributed by atoms with Gasteiger partial charge in [0.1, 0.15) is 6.04 Å². The van der Waals surface area contributed by atoms with Crippen LogP contribution < -0.4 is 5.32 Å². The standard InChI is InChI=1S/C14H18N2OS/c1-14(2,3)16-12(17)11-9-18-13(15-11)10-7-5-4-6-8-10/h4-8,11H,9H2,1-3H3,(H,16,17). The first kappa shape index (κ1) is 13.1. The van der Waals surface area contributed by atoms with Crippen molar-refractivity contribution in [2.45, 2.75) is 32.4 Å². The third-order valence-corrected chi connectivity index (χ3v) is 3.57. The Morgan fingerprint density at radius 2 is 2.00 bits per heavy atom. The summed E-state index contributed by atoms with van der Waals surface area (Å²) in [7, 11) is 0. The van der Waals surface area contributed by atoms with Crippen molar-refractivity contribution in [3.63, 3.8) is 0 Å². The van der Waals surface area contributed by atoms with Crippen LogP contribution >= 0.6 is 11.8 Å². The van der Waals surface area contributed by atoms with Gasteiger partial charge in [0.05, 0.1) is 5.04 Å². The van der Waals surface area contributed by atoms with E-state index in [0.29, 0.717) is 0 Å². The summed E-state index contributed by atoms with van der Waals surface area (Å²) in [6.45, 7) is 5.94. The van der Waals surface area contributed by atoms with Crippen LogP contribution in [-0.2, 0) is 4.79 Å². The number of nitrogens with zero attached hydrogens (tertiary/aromatic N) is 1. The Bertz CT molecular complexity index is 462. The minimum Gasteiger partial charge on any atom is -0.350 e. The lowest BCUT2D eigenvalue weighted by Gasteiger charge is -2.21. The van der Waals surface area contributed by atoms with E-state index in [9.17, 15) is 4.79 Å². The van der Waals surface area contributed by atoms with Gasteiger partial charge in [0.2, 0.25) is 5.91 Å². The summed E-state index contributed by atoms with van der Waals surface area (Å²) < 4.78 is 0. The molecule has 1 unspecified atom stereocenters. The Balaban J connectivity index is 2.07. The van der Waals surface area contributed by atoms with E-state index in [1.807, 2.05) is 51.1 Å². The molecule has 0 saturated carbocycles. The molecular weight excluding hydrogens is 244 g/mol. The zero-order valence-electron chi connectivity index (χ0n) is 10.9. The summed E-state index contributed by atoms with van der Waals surface area (Å²) in [6, 6.07) is 9.74. The minimum atomic E-state index is -0.260. The highest BCUT2D eigenvalue weighted by molar-refractivity contribution is 8.14. The molecule has 1 N–H and O–H groups in total. The lowest BCUT2D eigenvalue weighted by molar-refractivity contribution is -0.123. The van der Waals surface area contributed by atoms with Gasteiger partial charge in [-0.1, -0.05) is 30.3 Å². The van der Waals surface area contributed by atoms with Crippen LogP contribution in [0.25, 0.3) is 0 Å². The number of aliphatic imine (C=N–C) groups is 1. The highest BCUT2D eigenvalue weighted by Gasteiger charge is 2.27. The maximum Gasteiger partial charge on any atom is 0.246 e. The number of carbonyl (C=O) groups is 1. The molecular formula is C14H18N2OS. The molecule has 1 aliphatic heterocycles. The van der Waals surface area contributed by atoms with Crippen LogP contribution in [0.3, 0.4) is 0 Å². The summed E-state index contributed by atoms with van der Waals surface area (Å²) in [5.41, 5.74) is 0.890. The van der Waals surface area contributed by atoms with Crippen LogP contribution in [0.15, 0.2) is 35.3 Å². The molecule has 1 aliphatic rings. The van der Waals surface area contributed by atoms with Gasteiger partial charge >= 0.3 is 0 Å². The first-order valence-corrected chi connectivity index (χ1v) is 7.02. The number of benzene rings is 1. The number of hydrogen-bond donors (Lipinski definition) is 1. The molecule has 1 atom stereocenters. The number of thioether (sulfide) groups is 1. The lowest BCUT2D eigenvalue weighted by Crippen LogP contribution is -2.45. The van der Waals surface area contributed by atoms with Gasteiger partial charge in [0.15, 0.2) is 0 Å². The third-order valence-electron chi connectivity index (χ3n) is 2.47. The van der Waals surface area contributed by atoms with E-state index >= 15 is 0 Å². The molecule has 18 heavy (non-hydrogen) atoms. The van der Waals surface area contributed by atoms with Crippen molar-refractivity contribution in [1.29, 1.82) is 0 Å². The molecule has 0 spiro atoms. The largest absolute Gasteiger partial charge is 0.350 e. The molecule has 2 rings (SSSR count). The fourth-order valence-corrected chi connectivity index (χ4v) is 2.75. The molecule has 1 aromatic rings. The molecule has 0 fully saturated rings. The van der Waals surface area contributed by atoms with Crippen LogP contribution in [0.1, 0.15) is 26.3 Å². The number of amides is 1. The van der Waals surface area contributed by atoms with Gasteiger partial charge in [-0.2, -0.15) is 0 Å². The van der Waals surface area contributed by atoms with Crippen molar-refractivity contribution in [2.75, 3.05) is 5.75 Å². The van der Waals surface area contributed by atoms with E-state index in [0.717, 1.165) is 16.4 Å². The summed E-state index contributed by atoms with van der Waals surface area (Å²) in [4.78, 5) is 16.5. The second-order valence-corrected chi connectivity index (χ2v) is 6.38. The number of nitrogens with one attached hydrogen (secondary N) is 1. The molecule has 0 aromatic heterocycles. The Morgan fingerprint density at radius 3 is 2.61 bits per heavy atom. The monoisotopic (exact) mass is 262 g/mol. The van der Waals surface area contributed by atoms with Gasteiger partial charge in [0, 0.05) is 16.9 Å². The molecule has 4 heteroatoms. The van der Waals surface area contributed by atoms with Crippen LogP contribution in [0.5, 0.6) is 0 Å². The smallest absolute Gasteiger partial charge is 0.246 e. The Morgan fingerprint density at radius 1 is 1.33 bits per heavy atom. The zero-order valence-corrected chi connectivity index (χ0v) is 11.8. The van der Waals surface area contributed by atoms with Crippen molar-refractivity contribution in [1.82, 2.24) is 5.32 Å². The second kappa shape index (κ2) is 5.14. The van der Waals surface area contributed by atoms with E-state index in [1.54, 1.807) is 11.8 Å². The quantitative estimate of drug-likeness (QED) is 0.889. The molecule has 1 heterocycles. The van der Waals surface area contributed by atoms with Crippen molar-refractivity contribution in [2.24, 2.45) is 4.99 Å². The van der Waals surface area contributed by atoms with E-state index in [2.05, 4.69) is 10.3 Å². The molecule has 0 aliphatic carbocycles. The zero-order chi connectivity index (χ0) is 13.2. The Hall–Kier alpha value is -1.29. The fourth-order valence-electron chi connectivity index (χ4n) is 1.70. The summed E-state index contributed by atoms with van der Waals surface area (Å²) >= 11 is 1.65. The van der Waals surface area contributed by atoms with Crippen molar-refractivity contribution in [3.05, 3.63) is 35.9 Å². The maximum absolute atomic E-state index is 12.0. The summed E-state index contributed by atoms with van der Waals surface area (Å²) in [5, 5.41) is 3.94. The molecule has 0 radical (unpaired) electrons. The maximum atomic E-state index is 12.0. The normalized spacial score (nSPS) is 19.5. The topological polar surface area (TPSA) is 41.5 Å². The predicted octanol–water partition coefficient (Wildman–Crippen LogP) is 2.46. The molecule has 1 aromatic carbocycles. The van der Waals surface area contributed by atoms with E-state index < -0.39 is 0 Å². The first-order chi connectivity index (χ1) is 8.46. The Labute approximate surface area is 112 Å². The minimum absolute atomic E-state index is 0.0148. The van der Waals surface area contributed by atoms with E-state index in [-0.39, 0.29) is 17.5 Å². The van der Waals surface area contributed by atoms with Gasteiger partial charge < -0.3 is 5.32 Å². The second-order valence-electron chi connectivity index (χ2n) is 5.37. The predicted molar refractivity (Wildman–Crippen MR) is 77.1 cm³/mol. The van der Waals surface area contributed by atoms with Gasteiger partial charge in [0.25, 0.3) is 0 Å². The third kappa shape index (κ3) is 3.35. The molecule has 0 bridgehead atoms. The Kier molecular flexibility index (Phi) is 3.76. The van der Waals surface area contributed by atoms with Crippen LogP contribution in [-0.4, -0.2) is 28.3 Å². The highest BCUT2D eigenvalue weighted by Crippen LogP contribution is 2.23. The van der Waals surface area contributed by atoms with Crippen LogP contribution in [0.4, 0.5) is 0 Å². The van der Waals surface area contributed by atoms with Crippen LogP contribution in [0, 0.1) is 0 Å². The number of hydrogen-bond acceptors (Lipinski definition) is 3. The lowest BCUT2D eigenvalue weighted by atomic mass is 10.1. The van der Waals surface area contributed by atoms with E-state index in [4.69, 9.17) is 0 Å². The van der Waals surface area contributed by atoms with Crippen LogP contribution in [0.2, 0.25) is 0 Å². The van der Waals surface area contributed by atoms with Gasteiger partial charge in [-0.15, -0.1) is 11.8 Å². The van der Waals surface area contributed by atoms with Crippen molar-refractivity contribution in [3.8, 4) is 0 Å².